The summed E-state index contributed by atoms with van der Waals surface area (Å²) in [6.07, 6.45) is 1.86. The maximum atomic E-state index is 12.2. The van der Waals surface area contributed by atoms with E-state index in [0.717, 1.165) is 16.3 Å². The summed E-state index contributed by atoms with van der Waals surface area (Å²) >= 11 is 3.31. The molecule has 0 saturated carbocycles. The van der Waals surface area contributed by atoms with Crippen LogP contribution in [-0.2, 0) is 0 Å². The predicted octanol–water partition coefficient (Wildman–Crippen LogP) is 3.78. The highest BCUT2D eigenvalue weighted by atomic mass is 79.9. The molecule has 0 amide bonds. The van der Waals surface area contributed by atoms with Crippen LogP contribution in [0.15, 0.2) is 34.8 Å². The molecule has 0 fully saturated rings. The minimum atomic E-state index is -0.0221. The highest BCUT2D eigenvalue weighted by Crippen LogP contribution is 2.38. The first-order chi connectivity index (χ1) is 8.22. The Morgan fingerprint density at radius 3 is 2.76 bits per heavy atom. The van der Waals surface area contributed by atoms with Gasteiger partial charge >= 0.3 is 0 Å². The molecule has 1 aliphatic rings. The van der Waals surface area contributed by atoms with Gasteiger partial charge in [0, 0.05) is 5.39 Å². The van der Waals surface area contributed by atoms with Crippen molar-refractivity contribution in [3.8, 4) is 5.75 Å². The van der Waals surface area contributed by atoms with Gasteiger partial charge in [-0.3, -0.25) is 4.79 Å². The van der Waals surface area contributed by atoms with Crippen LogP contribution >= 0.6 is 15.9 Å². The van der Waals surface area contributed by atoms with E-state index < -0.39 is 0 Å². The molecule has 1 aliphatic carbocycles. The molecule has 0 heterocycles. The summed E-state index contributed by atoms with van der Waals surface area (Å²) in [6.45, 7) is 0. The van der Waals surface area contributed by atoms with Crippen LogP contribution in [0.2, 0.25) is 0 Å². The lowest BCUT2D eigenvalue weighted by atomic mass is 9.91. The first-order valence-corrected chi connectivity index (χ1v) is 6.03. The van der Waals surface area contributed by atoms with Crippen LogP contribution in [-0.4, -0.2) is 12.9 Å². The molecule has 84 valence electrons. The quantitative estimate of drug-likeness (QED) is 0.798. The molecule has 0 aliphatic heterocycles. The molecule has 0 saturated heterocycles. The Morgan fingerprint density at radius 2 is 2.00 bits per heavy atom. The third-order valence-electron chi connectivity index (χ3n) is 2.99. The van der Waals surface area contributed by atoms with Crippen molar-refractivity contribution in [2.75, 3.05) is 7.11 Å². The van der Waals surface area contributed by atoms with Crippen LogP contribution in [0.3, 0.4) is 0 Å². The van der Waals surface area contributed by atoms with Gasteiger partial charge in [-0.25, -0.2) is 0 Å². The molecule has 3 rings (SSSR count). The van der Waals surface area contributed by atoms with E-state index in [1.807, 2.05) is 36.4 Å². The Bertz CT molecular complexity index is 671. The average molecular weight is 289 g/mol. The van der Waals surface area contributed by atoms with Crippen molar-refractivity contribution >= 4 is 38.6 Å². The van der Waals surface area contributed by atoms with Gasteiger partial charge in [0.15, 0.2) is 0 Å². The number of allylic oxidation sites excluding steroid dienone is 1. The van der Waals surface area contributed by atoms with Gasteiger partial charge in [-0.05, 0) is 39.0 Å². The molecule has 2 nitrogen and oxygen atoms in total. The van der Waals surface area contributed by atoms with Crippen molar-refractivity contribution in [2.45, 2.75) is 0 Å². The Kier molecular flexibility index (Phi) is 2.30. The molecule has 0 aromatic heterocycles. The second-order valence-electron chi connectivity index (χ2n) is 3.91. The second-order valence-corrected chi connectivity index (χ2v) is 4.76. The lowest BCUT2D eigenvalue weighted by molar-refractivity contribution is 0.104. The number of methoxy groups -OCH3 is 1. The van der Waals surface area contributed by atoms with E-state index in [0.29, 0.717) is 15.8 Å². The highest BCUT2D eigenvalue weighted by molar-refractivity contribution is 9.12. The Balaban J connectivity index is 2.52. The van der Waals surface area contributed by atoms with E-state index in [1.54, 1.807) is 7.11 Å². The SMILES string of the molecule is COc1ccc2cccc3c2c1C(=O)C(Br)=C3. The molecule has 3 heteroatoms. The largest absolute Gasteiger partial charge is 0.496 e. The maximum Gasteiger partial charge on any atom is 0.204 e. The molecule has 0 radical (unpaired) electrons. The Labute approximate surface area is 107 Å². The van der Waals surface area contributed by atoms with Crippen LogP contribution in [0.4, 0.5) is 0 Å². The number of ether oxygens (including phenoxy) is 1. The summed E-state index contributed by atoms with van der Waals surface area (Å²) in [5, 5.41) is 2.03. The number of benzene rings is 2. The number of rotatable bonds is 1. The summed E-state index contributed by atoms with van der Waals surface area (Å²) in [6, 6.07) is 9.80. The van der Waals surface area contributed by atoms with Gasteiger partial charge in [0.2, 0.25) is 5.78 Å². The summed E-state index contributed by atoms with van der Waals surface area (Å²) in [7, 11) is 1.58. The topological polar surface area (TPSA) is 26.3 Å². The van der Waals surface area contributed by atoms with Gasteiger partial charge in [0.25, 0.3) is 0 Å². The number of halogens is 1. The number of ketones is 1. The van der Waals surface area contributed by atoms with Gasteiger partial charge < -0.3 is 4.74 Å². The molecule has 0 bridgehead atoms. The van der Waals surface area contributed by atoms with Crippen LogP contribution in [0.25, 0.3) is 16.8 Å². The number of carbonyl (C=O) groups is 1. The van der Waals surface area contributed by atoms with E-state index in [2.05, 4.69) is 15.9 Å². The van der Waals surface area contributed by atoms with Crippen LogP contribution in [0.5, 0.6) is 5.75 Å². The molecule has 0 atom stereocenters. The van der Waals surface area contributed by atoms with Gasteiger partial charge in [0.1, 0.15) is 5.75 Å². The van der Waals surface area contributed by atoms with Crippen molar-refractivity contribution in [1.82, 2.24) is 0 Å². The van der Waals surface area contributed by atoms with Crippen molar-refractivity contribution < 1.29 is 9.53 Å². The summed E-state index contributed by atoms with van der Waals surface area (Å²) in [5.41, 5.74) is 1.69. The zero-order chi connectivity index (χ0) is 12.0. The Morgan fingerprint density at radius 1 is 1.18 bits per heavy atom. The monoisotopic (exact) mass is 288 g/mol. The van der Waals surface area contributed by atoms with Gasteiger partial charge in [0.05, 0.1) is 17.2 Å². The van der Waals surface area contributed by atoms with Crippen molar-refractivity contribution in [3.05, 3.63) is 45.9 Å². The van der Waals surface area contributed by atoms with Crippen molar-refractivity contribution in [3.63, 3.8) is 0 Å². The van der Waals surface area contributed by atoms with Crippen LogP contribution < -0.4 is 4.74 Å². The number of hydrogen-bond acceptors (Lipinski definition) is 2. The van der Waals surface area contributed by atoms with E-state index in [4.69, 9.17) is 4.74 Å². The van der Waals surface area contributed by atoms with E-state index in [1.165, 1.54) is 0 Å². The molecule has 0 spiro atoms. The minimum absolute atomic E-state index is 0.0221. The number of Topliss-reactive ketones (excluding diaryl/α,β-unsaturated/α-hetero) is 1. The molecule has 2 aromatic rings. The maximum absolute atomic E-state index is 12.2. The fourth-order valence-electron chi connectivity index (χ4n) is 2.23. The van der Waals surface area contributed by atoms with E-state index in [-0.39, 0.29) is 5.78 Å². The standard InChI is InChI=1S/C14H9BrO2/c1-17-11-6-5-8-3-2-4-9-7-10(15)14(16)13(11)12(8)9/h2-7H,1H3. The summed E-state index contributed by atoms with van der Waals surface area (Å²) < 4.78 is 5.85. The minimum Gasteiger partial charge on any atom is -0.496 e. The van der Waals surface area contributed by atoms with E-state index in [9.17, 15) is 4.79 Å². The van der Waals surface area contributed by atoms with Crippen LogP contribution in [0, 0.1) is 0 Å². The average Bonchev–Trinajstić information content (AvgIpc) is 2.35. The van der Waals surface area contributed by atoms with Gasteiger partial charge in [-0.1, -0.05) is 24.3 Å². The van der Waals surface area contributed by atoms with Crippen molar-refractivity contribution in [2.24, 2.45) is 0 Å². The first-order valence-electron chi connectivity index (χ1n) is 5.24. The number of hydrogen-bond donors (Lipinski definition) is 0. The lowest BCUT2D eigenvalue weighted by Gasteiger charge is -2.16. The first kappa shape index (κ1) is 10.5. The second kappa shape index (κ2) is 3.70. The molecular formula is C14H9BrO2. The molecule has 0 unspecified atom stereocenters. The third-order valence-corrected chi connectivity index (χ3v) is 3.57. The smallest absolute Gasteiger partial charge is 0.204 e. The zero-order valence-electron chi connectivity index (χ0n) is 9.16. The fraction of sp³-hybridized carbons (Fsp3) is 0.0714. The van der Waals surface area contributed by atoms with E-state index >= 15 is 0 Å². The fourth-order valence-corrected chi connectivity index (χ4v) is 2.67. The molecule has 2 aromatic carbocycles. The van der Waals surface area contributed by atoms with Crippen LogP contribution in [0.1, 0.15) is 15.9 Å². The number of carbonyl (C=O) groups excluding carboxylic acids is 1. The zero-order valence-corrected chi connectivity index (χ0v) is 10.7. The third kappa shape index (κ3) is 1.42. The highest BCUT2D eigenvalue weighted by Gasteiger charge is 2.23. The predicted molar refractivity (Wildman–Crippen MR) is 71.7 cm³/mol. The van der Waals surface area contributed by atoms with Gasteiger partial charge in [-0.15, -0.1) is 0 Å². The normalized spacial score (nSPS) is 13.8. The molecule has 17 heavy (non-hydrogen) atoms. The summed E-state index contributed by atoms with van der Waals surface area (Å²) in [4.78, 5) is 12.2. The van der Waals surface area contributed by atoms with Crippen molar-refractivity contribution in [1.29, 1.82) is 0 Å². The molecular weight excluding hydrogens is 280 g/mol. The van der Waals surface area contributed by atoms with Gasteiger partial charge in [-0.2, -0.15) is 0 Å². The lowest BCUT2D eigenvalue weighted by Crippen LogP contribution is -2.07. The summed E-state index contributed by atoms with van der Waals surface area (Å²) in [5.74, 6) is 0.603. The molecule has 0 N–H and O–H groups in total. The Hall–Kier alpha value is -1.61.